The zero-order valence-corrected chi connectivity index (χ0v) is 20.6. The number of benzene rings is 2. The number of carbonyl (C=O) groups excluding carboxylic acids is 2. The van der Waals surface area contributed by atoms with E-state index in [-0.39, 0.29) is 24.2 Å². The Morgan fingerprint density at radius 1 is 1.18 bits per heavy atom. The van der Waals surface area contributed by atoms with E-state index < -0.39 is 5.92 Å². The van der Waals surface area contributed by atoms with E-state index in [1.165, 1.54) is 16.9 Å². The van der Waals surface area contributed by atoms with Crippen LogP contribution in [0.25, 0.3) is 16.2 Å². The van der Waals surface area contributed by atoms with Gasteiger partial charge in [0.1, 0.15) is 0 Å². The lowest BCUT2D eigenvalue weighted by atomic mass is 10.0. The topological polar surface area (TPSA) is 79.6 Å². The Labute approximate surface area is 202 Å². The second-order valence-electron chi connectivity index (χ2n) is 8.90. The van der Waals surface area contributed by atoms with Gasteiger partial charge in [-0.15, -0.1) is 16.4 Å². The number of hydrogen-bond donors (Lipinski definition) is 1. The highest BCUT2D eigenvalue weighted by atomic mass is 32.1. The average Bonchev–Trinajstić information content (AvgIpc) is 3.48. The number of aromatic nitrogens is 3. The number of anilines is 2. The first-order valence-electron chi connectivity index (χ1n) is 11.5. The molecule has 5 rings (SSSR count). The Morgan fingerprint density at radius 2 is 2.00 bits per heavy atom. The zero-order valence-electron chi connectivity index (χ0n) is 19.8. The number of amides is 2. The molecule has 0 aliphatic carbocycles. The summed E-state index contributed by atoms with van der Waals surface area (Å²) in [6.07, 6.45) is 1.01. The van der Waals surface area contributed by atoms with E-state index in [0.717, 1.165) is 40.1 Å². The summed E-state index contributed by atoms with van der Waals surface area (Å²) < 4.78 is 1.77. The van der Waals surface area contributed by atoms with Gasteiger partial charge in [0.15, 0.2) is 0 Å². The minimum absolute atomic E-state index is 0.0277. The molecule has 0 saturated carbocycles. The molecule has 1 aliphatic rings. The molecule has 1 N–H and O–H groups in total. The van der Waals surface area contributed by atoms with Crippen LogP contribution in [-0.2, 0) is 16.0 Å². The minimum atomic E-state index is -0.447. The fraction of sp³-hybridized carbons (Fsp3) is 0.308. The summed E-state index contributed by atoms with van der Waals surface area (Å²) in [6, 6.07) is 12.3. The maximum Gasteiger partial charge on any atom is 0.250 e. The van der Waals surface area contributed by atoms with Gasteiger partial charge in [0.25, 0.3) is 0 Å². The van der Waals surface area contributed by atoms with E-state index in [9.17, 15) is 9.59 Å². The van der Waals surface area contributed by atoms with E-state index in [0.29, 0.717) is 11.5 Å². The van der Waals surface area contributed by atoms with Crippen molar-refractivity contribution in [2.24, 2.45) is 5.92 Å². The van der Waals surface area contributed by atoms with Crippen molar-refractivity contribution in [3.05, 3.63) is 64.0 Å². The van der Waals surface area contributed by atoms with Gasteiger partial charge in [-0.1, -0.05) is 48.9 Å². The van der Waals surface area contributed by atoms with E-state index in [1.807, 2.05) is 30.5 Å². The van der Waals surface area contributed by atoms with Gasteiger partial charge in [0.2, 0.25) is 22.7 Å². The SMILES string of the molecule is CCc1cccc(C)c1N1CC(C(=O)Nc2nc3scc(-c4ccc(C)cc4C)n3n2)CC1=O. The highest BCUT2D eigenvalue weighted by molar-refractivity contribution is 7.15. The standard InChI is InChI=1S/C26H27N5O2S/c1-5-18-8-6-7-16(3)23(18)30-13-19(12-22(30)32)24(33)27-25-28-26-31(29-25)21(14-34-26)20-10-9-15(2)11-17(20)4/h6-11,14,19H,5,12-13H2,1-4H3,(H,27,29,33). The number of hydrogen-bond acceptors (Lipinski definition) is 5. The van der Waals surface area contributed by atoms with Crippen molar-refractivity contribution >= 4 is 39.7 Å². The number of para-hydroxylation sites is 1. The number of thiazole rings is 1. The van der Waals surface area contributed by atoms with Crippen molar-refractivity contribution in [3.8, 4) is 11.3 Å². The first-order valence-corrected chi connectivity index (χ1v) is 12.3. The fourth-order valence-corrected chi connectivity index (χ4v) is 5.55. The predicted octanol–water partition coefficient (Wildman–Crippen LogP) is 4.94. The summed E-state index contributed by atoms with van der Waals surface area (Å²) in [4.78, 5) is 32.8. The van der Waals surface area contributed by atoms with E-state index in [2.05, 4.69) is 54.4 Å². The Kier molecular flexibility index (Phi) is 5.69. The lowest BCUT2D eigenvalue weighted by Crippen LogP contribution is -2.29. The van der Waals surface area contributed by atoms with Crippen molar-refractivity contribution in [1.29, 1.82) is 0 Å². The van der Waals surface area contributed by atoms with Crippen molar-refractivity contribution < 1.29 is 9.59 Å². The van der Waals surface area contributed by atoms with Crippen molar-refractivity contribution in [1.82, 2.24) is 14.6 Å². The third-order valence-electron chi connectivity index (χ3n) is 6.44. The van der Waals surface area contributed by atoms with E-state index in [1.54, 1.807) is 9.42 Å². The third-order valence-corrected chi connectivity index (χ3v) is 7.26. The molecule has 8 heteroatoms. The first kappa shape index (κ1) is 22.3. The lowest BCUT2D eigenvalue weighted by molar-refractivity contribution is -0.122. The molecule has 1 saturated heterocycles. The third kappa shape index (κ3) is 3.88. The van der Waals surface area contributed by atoms with Crippen LogP contribution in [0.3, 0.4) is 0 Å². The Balaban J connectivity index is 1.36. The summed E-state index contributed by atoms with van der Waals surface area (Å²) >= 11 is 1.48. The number of nitrogens with zero attached hydrogens (tertiary/aromatic N) is 4. The summed E-state index contributed by atoms with van der Waals surface area (Å²) in [5, 5.41) is 9.42. The second kappa shape index (κ2) is 8.68. The van der Waals surface area contributed by atoms with Crippen LogP contribution in [0.1, 0.15) is 35.6 Å². The molecule has 1 aliphatic heterocycles. The summed E-state index contributed by atoms with van der Waals surface area (Å²) in [5.74, 6) is -0.440. The summed E-state index contributed by atoms with van der Waals surface area (Å²) in [6.45, 7) is 8.58. The van der Waals surface area contributed by atoms with Crippen LogP contribution in [0.4, 0.5) is 11.6 Å². The fourth-order valence-electron chi connectivity index (χ4n) is 4.72. The van der Waals surface area contributed by atoms with Gasteiger partial charge in [0, 0.05) is 29.6 Å². The van der Waals surface area contributed by atoms with Gasteiger partial charge in [-0.25, -0.2) is 4.52 Å². The smallest absolute Gasteiger partial charge is 0.250 e. The van der Waals surface area contributed by atoms with Crippen molar-refractivity contribution in [2.45, 2.75) is 40.5 Å². The molecule has 3 heterocycles. The van der Waals surface area contributed by atoms with Gasteiger partial charge < -0.3 is 4.90 Å². The zero-order chi connectivity index (χ0) is 24.0. The monoisotopic (exact) mass is 473 g/mol. The van der Waals surface area contributed by atoms with E-state index in [4.69, 9.17) is 0 Å². The molecular weight excluding hydrogens is 446 g/mol. The molecule has 7 nitrogen and oxygen atoms in total. The number of carbonyl (C=O) groups is 2. The van der Waals surface area contributed by atoms with Gasteiger partial charge >= 0.3 is 0 Å². The molecule has 174 valence electrons. The molecule has 2 aromatic carbocycles. The van der Waals surface area contributed by atoms with Gasteiger partial charge in [-0.2, -0.15) is 4.98 Å². The average molecular weight is 474 g/mol. The Bertz CT molecular complexity index is 1420. The van der Waals surface area contributed by atoms with Gasteiger partial charge in [-0.05, 0) is 43.9 Å². The molecule has 34 heavy (non-hydrogen) atoms. The molecule has 2 amide bonds. The molecule has 4 aromatic rings. The lowest BCUT2D eigenvalue weighted by Gasteiger charge is -2.22. The van der Waals surface area contributed by atoms with Crippen LogP contribution in [0, 0.1) is 26.7 Å². The van der Waals surface area contributed by atoms with E-state index >= 15 is 0 Å². The molecule has 0 spiro atoms. The number of fused-ring (bicyclic) bond motifs is 1. The predicted molar refractivity (Wildman–Crippen MR) is 135 cm³/mol. The molecule has 0 radical (unpaired) electrons. The minimum Gasteiger partial charge on any atom is -0.311 e. The van der Waals surface area contributed by atoms with Crippen LogP contribution < -0.4 is 10.2 Å². The Morgan fingerprint density at radius 3 is 2.76 bits per heavy atom. The van der Waals surface area contributed by atoms with Crippen molar-refractivity contribution in [3.63, 3.8) is 0 Å². The maximum absolute atomic E-state index is 13.0. The molecule has 1 unspecified atom stereocenters. The quantitative estimate of drug-likeness (QED) is 0.445. The van der Waals surface area contributed by atoms with Crippen LogP contribution in [0.15, 0.2) is 41.8 Å². The van der Waals surface area contributed by atoms with Crippen LogP contribution in [-0.4, -0.2) is 33.0 Å². The normalized spacial score (nSPS) is 15.9. The molecule has 0 bridgehead atoms. The first-order chi connectivity index (χ1) is 16.4. The number of aryl methyl sites for hydroxylation is 4. The highest BCUT2D eigenvalue weighted by Gasteiger charge is 2.36. The van der Waals surface area contributed by atoms with Crippen LogP contribution in [0.2, 0.25) is 0 Å². The largest absolute Gasteiger partial charge is 0.311 e. The molecule has 1 fully saturated rings. The summed E-state index contributed by atoms with van der Waals surface area (Å²) in [7, 11) is 0. The van der Waals surface area contributed by atoms with Crippen LogP contribution in [0.5, 0.6) is 0 Å². The molecule has 1 atom stereocenters. The van der Waals surface area contributed by atoms with Crippen LogP contribution >= 0.6 is 11.3 Å². The maximum atomic E-state index is 13.0. The molecule has 2 aromatic heterocycles. The number of nitrogens with one attached hydrogen (secondary N) is 1. The number of rotatable bonds is 5. The highest BCUT2D eigenvalue weighted by Crippen LogP contribution is 2.32. The van der Waals surface area contributed by atoms with Gasteiger partial charge in [0.05, 0.1) is 11.6 Å². The Hall–Kier alpha value is -3.52. The second-order valence-corrected chi connectivity index (χ2v) is 9.74. The summed E-state index contributed by atoms with van der Waals surface area (Å²) in [5.41, 5.74) is 7.49. The van der Waals surface area contributed by atoms with Gasteiger partial charge in [-0.3, -0.25) is 14.9 Å². The van der Waals surface area contributed by atoms with Crippen molar-refractivity contribution in [2.75, 3.05) is 16.8 Å². The molecular formula is C26H27N5O2S.